The van der Waals surface area contributed by atoms with Gasteiger partial charge in [0, 0.05) is 54.1 Å². The molecule has 3 heterocycles. The molecule has 10 nitrogen and oxygen atoms in total. The minimum atomic E-state index is -0.385. The van der Waals surface area contributed by atoms with E-state index in [2.05, 4.69) is 39.4 Å². The molecule has 172 valence electrons. The van der Waals surface area contributed by atoms with Crippen LogP contribution in [0.3, 0.4) is 0 Å². The van der Waals surface area contributed by atoms with Gasteiger partial charge in [0.05, 0.1) is 4.92 Å². The molecule has 1 saturated heterocycles. The monoisotopic (exact) mass is 450 g/mol. The molecule has 1 fully saturated rings. The second-order valence-corrected chi connectivity index (χ2v) is 8.68. The second-order valence-electron chi connectivity index (χ2n) is 8.68. The number of benzene rings is 2. The largest absolute Gasteiger partial charge is 0.364 e. The molecule has 1 N–H and O–H groups in total. The summed E-state index contributed by atoms with van der Waals surface area (Å²) in [5.41, 5.74) is 2.01. The van der Waals surface area contributed by atoms with Gasteiger partial charge < -0.3 is 20.0 Å². The average Bonchev–Trinajstić information content (AvgIpc) is 3.30. The van der Waals surface area contributed by atoms with Gasteiger partial charge >= 0.3 is 0 Å². The Morgan fingerprint density at radius 1 is 1.15 bits per heavy atom. The summed E-state index contributed by atoms with van der Waals surface area (Å²) in [6, 6.07) is 11.3. The topological polar surface area (TPSA) is 106 Å². The van der Waals surface area contributed by atoms with Crippen molar-refractivity contribution in [2.45, 2.75) is 32.0 Å². The molecule has 1 aromatic heterocycles. The number of nitro benzene ring substituents is 1. The molecule has 33 heavy (non-hydrogen) atoms. The molecule has 10 heteroatoms. The van der Waals surface area contributed by atoms with Crippen LogP contribution < -0.4 is 15.1 Å². The van der Waals surface area contributed by atoms with Gasteiger partial charge in [0.2, 0.25) is 0 Å². The molecule has 0 spiro atoms. The number of hydrogen-bond acceptors (Lipinski definition) is 9. The van der Waals surface area contributed by atoms with Gasteiger partial charge in [-0.3, -0.25) is 10.1 Å². The fourth-order valence-electron chi connectivity index (χ4n) is 4.45. The first-order valence-corrected chi connectivity index (χ1v) is 11.0. The Hall–Kier alpha value is -3.50. The molecule has 0 bridgehead atoms. The average molecular weight is 450 g/mol. The molecule has 0 saturated carbocycles. The van der Waals surface area contributed by atoms with Gasteiger partial charge in [-0.25, -0.2) is 0 Å². The summed E-state index contributed by atoms with van der Waals surface area (Å²) in [4.78, 5) is 25.7. The minimum absolute atomic E-state index is 0.0268. The Kier molecular flexibility index (Phi) is 5.69. The molecular formula is C23H26N6O4. The number of anilines is 2. The van der Waals surface area contributed by atoms with Crippen LogP contribution in [0.15, 0.2) is 36.4 Å². The first kappa shape index (κ1) is 21.4. The molecule has 2 aliphatic rings. The van der Waals surface area contributed by atoms with Crippen molar-refractivity contribution >= 4 is 28.1 Å². The highest BCUT2D eigenvalue weighted by Gasteiger charge is 2.24. The number of hydrogen-bond donors (Lipinski definition) is 1. The van der Waals surface area contributed by atoms with Crippen LogP contribution in [0.2, 0.25) is 0 Å². The predicted molar refractivity (Wildman–Crippen MR) is 124 cm³/mol. The number of piperidine rings is 1. The summed E-state index contributed by atoms with van der Waals surface area (Å²) in [5.74, 6) is 1.99. The van der Waals surface area contributed by atoms with E-state index in [-0.39, 0.29) is 10.6 Å². The maximum atomic E-state index is 11.4. The van der Waals surface area contributed by atoms with Gasteiger partial charge in [0.1, 0.15) is 6.61 Å². The van der Waals surface area contributed by atoms with Gasteiger partial charge in [-0.15, -0.1) is 10.2 Å². The lowest BCUT2D eigenvalue weighted by molar-refractivity contribution is -0.384. The van der Waals surface area contributed by atoms with Gasteiger partial charge in [0.15, 0.2) is 17.4 Å². The van der Waals surface area contributed by atoms with Crippen LogP contribution in [0.5, 0.6) is 5.75 Å². The van der Waals surface area contributed by atoms with Crippen LogP contribution in [-0.2, 0) is 18.0 Å². The van der Waals surface area contributed by atoms with Gasteiger partial charge in [-0.2, -0.15) is 4.89 Å². The summed E-state index contributed by atoms with van der Waals surface area (Å²) in [6.45, 7) is 2.65. The molecule has 0 unspecified atom stereocenters. The van der Waals surface area contributed by atoms with E-state index in [9.17, 15) is 10.1 Å². The molecule has 3 aromatic rings. The van der Waals surface area contributed by atoms with E-state index >= 15 is 0 Å². The van der Waals surface area contributed by atoms with Crippen LogP contribution in [0.1, 0.15) is 24.0 Å². The number of nitrogens with one attached hydrogen (secondary N) is 1. The maximum Gasteiger partial charge on any atom is 0.270 e. The second kappa shape index (κ2) is 8.80. The zero-order valence-corrected chi connectivity index (χ0v) is 18.7. The molecule has 0 amide bonds. The van der Waals surface area contributed by atoms with Crippen molar-refractivity contribution < 1.29 is 14.7 Å². The smallest absolute Gasteiger partial charge is 0.270 e. The Labute approximate surface area is 191 Å². The van der Waals surface area contributed by atoms with Crippen molar-refractivity contribution in [1.82, 2.24) is 15.1 Å². The third kappa shape index (κ3) is 4.27. The van der Waals surface area contributed by atoms with E-state index < -0.39 is 0 Å². The molecular weight excluding hydrogens is 424 g/mol. The Balaban J connectivity index is 1.44. The number of nitro groups is 1. The lowest BCUT2D eigenvalue weighted by Crippen LogP contribution is -2.42. The van der Waals surface area contributed by atoms with E-state index in [1.165, 1.54) is 6.07 Å². The van der Waals surface area contributed by atoms with E-state index in [4.69, 9.17) is 9.78 Å². The minimum Gasteiger partial charge on any atom is -0.364 e. The third-order valence-corrected chi connectivity index (χ3v) is 6.40. The summed E-state index contributed by atoms with van der Waals surface area (Å²) in [5, 5.41) is 25.2. The fraction of sp³-hybridized carbons (Fsp3) is 0.391. The first-order valence-electron chi connectivity index (χ1n) is 11.0. The van der Waals surface area contributed by atoms with Crippen molar-refractivity contribution in [2.24, 2.45) is 0 Å². The molecule has 5 rings (SSSR count). The lowest BCUT2D eigenvalue weighted by Gasteiger charge is -2.36. The quantitative estimate of drug-likeness (QED) is 0.343. The highest BCUT2D eigenvalue weighted by molar-refractivity contribution is 5.99. The fourth-order valence-corrected chi connectivity index (χ4v) is 4.45. The van der Waals surface area contributed by atoms with Crippen molar-refractivity contribution in [1.29, 1.82) is 0 Å². The van der Waals surface area contributed by atoms with E-state index in [1.807, 2.05) is 18.2 Å². The standard InChI is InChI=1S/C23H26N6O4/c1-27(2)17-7-9-28(10-8-17)23-19-6-5-18(29(30)31)12-20(19)22(25-26-23)24-13-15-3-4-16-14-32-33-21(16)11-15/h3-6,11-12,17H,7-10,13-14H2,1-2H3,(H,24,25). The zero-order valence-electron chi connectivity index (χ0n) is 18.7. The highest BCUT2D eigenvalue weighted by atomic mass is 17.2. The maximum absolute atomic E-state index is 11.4. The molecule has 0 radical (unpaired) electrons. The summed E-state index contributed by atoms with van der Waals surface area (Å²) in [7, 11) is 4.21. The normalized spacial score (nSPS) is 16.2. The van der Waals surface area contributed by atoms with Crippen molar-refractivity contribution in [3.8, 4) is 5.75 Å². The van der Waals surface area contributed by atoms with Crippen LogP contribution in [0.4, 0.5) is 17.3 Å². The van der Waals surface area contributed by atoms with Crippen LogP contribution in [0, 0.1) is 10.1 Å². The molecule has 2 aromatic carbocycles. The van der Waals surface area contributed by atoms with E-state index in [0.717, 1.165) is 48.3 Å². The molecule has 2 aliphatic heterocycles. The van der Waals surface area contributed by atoms with Gasteiger partial charge in [-0.1, -0.05) is 12.1 Å². The number of rotatable bonds is 6. The first-order chi connectivity index (χ1) is 16.0. The van der Waals surface area contributed by atoms with E-state index in [0.29, 0.717) is 36.1 Å². The van der Waals surface area contributed by atoms with Gasteiger partial charge in [-0.05, 0) is 44.6 Å². The van der Waals surface area contributed by atoms with Crippen molar-refractivity contribution in [3.05, 3.63) is 57.6 Å². The number of non-ortho nitro benzene ring substituents is 1. The highest BCUT2D eigenvalue weighted by Crippen LogP contribution is 2.34. The summed E-state index contributed by atoms with van der Waals surface area (Å²) < 4.78 is 0. The van der Waals surface area contributed by atoms with Crippen LogP contribution >= 0.6 is 0 Å². The Morgan fingerprint density at radius 2 is 1.97 bits per heavy atom. The SMILES string of the molecule is CN(C)C1CCN(c2nnc(NCc3ccc4c(c3)OOC4)c3cc([N+](=O)[O-])ccc23)CC1. The van der Waals surface area contributed by atoms with Crippen LogP contribution in [-0.4, -0.2) is 53.2 Å². The molecule has 0 aliphatic carbocycles. The third-order valence-electron chi connectivity index (χ3n) is 6.40. The summed E-state index contributed by atoms with van der Waals surface area (Å²) in [6.07, 6.45) is 2.07. The predicted octanol–water partition coefficient (Wildman–Crippen LogP) is 3.50. The van der Waals surface area contributed by atoms with Gasteiger partial charge in [0.25, 0.3) is 5.69 Å². The number of aromatic nitrogens is 2. The number of nitrogens with zero attached hydrogens (tertiary/aromatic N) is 5. The number of fused-ring (bicyclic) bond motifs is 2. The molecule has 0 atom stereocenters. The Bertz CT molecular complexity index is 1190. The van der Waals surface area contributed by atoms with E-state index in [1.54, 1.807) is 12.1 Å². The Morgan fingerprint density at radius 3 is 2.73 bits per heavy atom. The van der Waals surface area contributed by atoms with Crippen molar-refractivity contribution in [3.63, 3.8) is 0 Å². The van der Waals surface area contributed by atoms with Crippen molar-refractivity contribution in [2.75, 3.05) is 37.4 Å². The van der Waals surface area contributed by atoms with Crippen LogP contribution in [0.25, 0.3) is 10.8 Å². The zero-order chi connectivity index (χ0) is 22.9. The lowest BCUT2D eigenvalue weighted by atomic mass is 10.0. The summed E-state index contributed by atoms with van der Waals surface area (Å²) >= 11 is 0.